The minimum Gasteiger partial charge on any atom is -0.426 e. The molecule has 4 nitrogen and oxygen atoms in total. The summed E-state index contributed by atoms with van der Waals surface area (Å²) in [5.41, 5.74) is 0. The second kappa shape index (κ2) is 4.59. The molecule has 0 aliphatic heterocycles. The minimum absolute atomic E-state index is 0.0108. The zero-order chi connectivity index (χ0) is 13.3. The van der Waals surface area contributed by atoms with Gasteiger partial charge in [0, 0.05) is 23.0 Å². The maximum absolute atomic E-state index is 11.2. The fourth-order valence-electron chi connectivity index (χ4n) is 1.63. The van der Waals surface area contributed by atoms with Gasteiger partial charge >= 0.3 is 5.97 Å². The number of carbonyl (C=O) groups is 1. The first-order valence-electron chi connectivity index (χ1n) is 5.04. The number of rotatable bonds is 2. The number of fused-ring (bicyclic) bond motifs is 1. The summed E-state index contributed by atoms with van der Waals surface area (Å²) in [6, 6.07) is 9.39. The molecule has 0 spiro atoms. The molecule has 0 saturated carbocycles. The van der Waals surface area contributed by atoms with Gasteiger partial charge in [-0.3, -0.25) is 4.79 Å². The summed E-state index contributed by atoms with van der Waals surface area (Å²) in [5, 5.41) is 1.28. The molecule has 0 radical (unpaired) electrons. The van der Waals surface area contributed by atoms with Crippen molar-refractivity contribution >= 4 is 36.5 Å². The Hall–Kier alpha value is -1.59. The average molecular weight is 285 g/mol. The van der Waals surface area contributed by atoms with Crippen LogP contribution in [0.15, 0.2) is 41.3 Å². The van der Waals surface area contributed by atoms with Crippen LogP contribution in [0.2, 0.25) is 0 Å². The normalized spacial score (nSPS) is 11.4. The Morgan fingerprint density at radius 1 is 1.22 bits per heavy atom. The highest BCUT2D eigenvalue weighted by atomic mass is 35.7. The lowest BCUT2D eigenvalue weighted by atomic mass is 10.1. The van der Waals surface area contributed by atoms with E-state index in [2.05, 4.69) is 0 Å². The van der Waals surface area contributed by atoms with Gasteiger partial charge in [0.05, 0.1) is 4.90 Å². The summed E-state index contributed by atoms with van der Waals surface area (Å²) < 4.78 is 27.5. The van der Waals surface area contributed by atoms with Gasteiger partial charge in [0.1, 0.15) is 5.75 Å². The first-order chi connectivity index (χ1) is 8.38. The van der Waals surface area contributed by atoms with E-state index in [0.717, 1.165) is 0 Å². The smallest absolute Gasteiger partial charge is 0.308 e. The molecular formula is C12H9ClO4S. The van der Waals surface area contributed by atoms with E-state index in [1.165, 1.54) is 19.1 Å². The molecule has 0 aliphatic rings. The van der Waals surface area contributed by atoms with Crippen LogP contribution in [0.1, 0.15) is 6.92 Å². The molecule has 18 heavy (non-hydrogen) atoms. The van der Waals surface area contributed by atoms with Gasteiger partial charge in [0.2, 0.25) is 0 Å². The molecule has 2 aromatic rings. The molecule has 0 amide bonds. The first kappa shape index (κ1) is 12.9. The second-order valence-corrected chi connectivity index (χ2v) is 6.24. The van der Waals surface area contributed by atoms with Crippen LogP contribution in [0.3, 0.4) is 0 Å². The van der Waals surface area contributed by atoms with Crippen LogP contribution in [0, 0.1) is 0 Å². The number of ether oxygens (including phenoxy) is 1. The molecule has 0 aliphatic carbocycles. The van der Waals surface area contributed by atoms with Crippen molar-refractivity contribution in [2.45, 2.75) is 11.8 Å². The maximum atomic E-state index is 11.2. The summed E-state index contributed by atoms with van der Waals surface area (Å²) >= 11 is 0. The predicted molar refractivity (Wildman–Crippen MR) is 68.3 cm³/mol. The molecule has 94 valence electrons. The minimum atomic E-state index is -3.77. The van der Waals surface area contributed by atoms with Crippen LogP contribution >= 0.6 is 10.7 Å². The van der Waals surface area contributed by atoms with Crippen molar-refractivity contribution < 1.29 is 17.9 Å². The van der Waals surface area contributed by atoms with Crippen LogP contribution in [-0.4, -0.2) is 14.4 Å². The fraction of sp³-hybridized carbons (Fsp3) is 0.0833. The molecule has 0 unspecified atom stereocenters. The molecular weight excluding hydrogens is 276 g/mol. The molecule has 0 aromatic heterocycles. The molecule has 2 rings (SSSR count). The number of carbonyl (C=O) groups excluding carboxylic acids is 1. The zero-order valence-electron chi connectivity index (χ0n) is 9.38. The standard InChI is InChI=1S/C12H9ClO4S/c1-8(14)17-12-4-2-3-9-7-10(18(13,15)16)5-6-11(9)12/h2-7H,1H3. The van der Waals surface area contributed by atoms with Crippen molar-refractivity contribution in [3.05, 3.63) is 36.4 Å². The van der Waals surface area contributed by atoms with E-state index in [4.69, 9.17) is 15.4 Å². The van der Waals surface area contributed by atoms with Gasteiger partial charge in [-0.05, 0) is 29.7 Å². The Morgan fingerprint density at radius 2 is 1.94 bits per heavy atom. The highest BCUT2D eigenvalue weighted by Crippen LogP contribution is 2.28. The summed E-state index contributed by atoms with van der Waals surface area (Å²) in [5.74, 6) is -0.0462. The van der Waals surface area contributed by atoms with E-state index >= 15 is 0 Å². The Bertz CT molecular complexity index is 722. The van der Waals surface area contributed by atoms with E-state index in [1.807, 2.05) is 0 Å². The van der Waals surface area contributed by atoms with Crippen LogP contribution in [0.5, 0.6) is 5.75 Å². The fourth-order valence-corrected chi connectivity index (χ4v) is 2.41. The Morgan fingerprint density at radius 3 is 2.56 bits per heavy atom. The van der Waals surface area contributed by atoms with E-state index < -0.39 is 15.0 Å². The number of benzene rings is 2. The molecule has 0 bridgehead atoms. The molecule has 0 N–H and O–H groups in total. The van der Waals surface area contributed by atoms with Crippen molar-refractivity contribution in [1.82, 2.24) is 0 Å². The largest absolute Gasteiger partial charge is 0.426 e. The SMILES string of the molecule is CC(=O)Oc1cccc2cc(S(=O)(=O)Cl)ccc12. The van der Waals surface area contributed by atoms with Crippen molar-refractivity contribution in [3.63, 3.8) is 0 Å². The van der Waals surface area contributed by atoms with Crippen molar-refractivity contribution in [2.24, 2.45) is 0 Å². The summed E-state index contributed by atoms with van der Waals surface area (Å²) in [4.78, 5) is 11.0. The number of halogens is 1. The van der Waals surface area contributed by atoms with Crippen LogP contribution < -0.4 is 4.74 Å². The monoisotopic (exact) mass is 284 g/mol. The van der Waals surface area contributed by atoms with Crippen molar-refractivity contribution in [1.29, 1.82) is 0 Å². The topological polar surface area (TPSA) is 60.4 Å². The summed E-state index contributed by atoms with van der Waals surface area (Å²) in [7, 11) is 1.50. The predicted octanol–water partition coefficient (Wildman–Crippen LogP) is 2.69. The Balaban J connectivity index is 2.64. The van der Waals surface area contributed by atoms with E-state index in [0.29, 0.717) is 16.5 Å². The van der Waals surface area contributed by atoms with Crippen molar-refractivity contribution in [3.8, 4) is 5.75 Å². The Labute approximate surface area is 109 Å². The van der Waals surface area contributed by atoms with Crippen LogP contribution in [-0.2, 0) is 13.8 Å². The maximum Gasteiger partial charge on any atom is 0.308 e. The van der Waals surface area contributed by atoms with Crippen molar-refractivity contribution in [2.75, 3.05) is 0 Å². The third-order valence-electron chi connectivity index (χ3n) is 2.35. The quantitative estimate of drug-likeness (QED) is 0.483. The van der Waals surface area contributed by atoms with Gasteiger partial charge in [-0.25, -0.2) is 8.42 Å². The first-order valence-corrected chi connectivity index (χ1v) is 7.35. The third kappa shape index (κ3) is 2.63. The molecule has 0 heterocycles. The van der Waals surface area contributed by atoms with Gasteiger partial charge in [-0.2, -0.15) is 0 Å². The van der Waals surface area contributed by atoms with Gasteiger partial charge in [-0.15, -0.1) is 0 Å². The highest BCUT2D eigenvalue weighted by molar-refractivity contribution is 8.13. The molecule has 2 aromatic carbocycles. The summed E-state index contributed by atoms with van der Waals surface area (Å²) in [6.07, 6.45) is 0. The lowest BCUT2D eigenvalue weighted by Crippen LogP contribution is -2.01. The number of hydrogen-bond donors (Lipinski definition) is 0. The average Bonchev–Trinajstić information content (AvgIpc) is 2.27. The molecule has 0 saturated heterocycles. The molecule has 0 fully saturated rings. The summed E-state index contributed by atoms with van der Waals surface area (Å²) in [6.45, 7) is 1.30. The lowest BCUT2D eigenvalue weighted by molar-refractivity contribution is -0.131. The van der Waals surface area contributed by atoms with E-state index in [1.54, 1.807) is 24.3 Å². The number of esters is 1. The van der Waals surface area contributed by atoms with Gasteiger partial charge in [0.25, 0.3) is 9.05 Å². The number of hydrogen-bond acceptors (Lipinski definition) is 4. The third-order valence-corrected chi connectivity index (χ3v) is 3.70. The molecule has 0 atom stereocenters. The Kier molecular flexibility index (Phi) is 3.28. The van der Waals surface area contributed by atoms with E-state index in [-0.39, 0.29) is 4.90 Å². The van der Waals surface area contributed by atoms with Gasteiger partial charge in [0.15, 0.2) is 0 Å². The lowest BCUT2D eigenvalue weighted by Gasteiger charge is -2.06. The van der Waals surface area contributed by atoms with Crippen LogP contribution in [0.4, 0.5) is 0 Å². The van der Waals surface area contributed by atoms with Gasteiger partial charge in [-0.1, -0.05) is 12.1 Å². The van der Waals surface area contributed by atoms with Crippen LogP contribution in [0.25, 0.3) is 10.8 Å². The highest BCUT2D eigenvalue weighted by Gasteiger charge is 2.12. The van der Waals surface area contributed by atoms with Gasteiger partial charge < -0.3 is 4.74 Å². The van der Waals surface area contributed by atoms with E-state index in [9.17, 15) is 13.2 Å². The zero-order valence-corrected chi connectivity index (χ0v) is 11.0. The second-order valence-electron chi connectivity index (χ2n) is 3.67. The molecule has 6 heteroatoms.